The minimum absolute atomic E-state index is 0.0131. The summed E-state index contributed by atoms with van der Waals surface area (Å²) in [5.74, 6) is 0.0985. The number of fused-ring (bicyclic) bond motifs is 2. The Bertz CT molecular complexity index is 1430. The van der Waals surface area contributed by atoms with E-state index in [0.29, 0.717) is 34.7 Å². The molecule has 3 N–H and O–H groups in total. The molecule has 0 spiro atoms. The summed E-state index contributed by atoms with van der Waals surface area (Å²) in [7, 11) is 0. The van der Waals surface area contributed by atoms with Gasteiger partial charge in [0.05, 0.1) is 5.52 Å². The Morgan fingerprint density at radius 1 is 1.14 bits per heavy atom. The highest BCUT2D eigenvalue weighted by molar-refractivity contribution is 5.98. The second-order valence-corrected chi connectivity index (χ2v) is 9.43. The number of hydrogen-bond acceptors (Lipinski definition) is 6. The minimum Gasteiger partial charge on any atom is -0.350 e. The van der Waals surface area contributed by atoms with Crippen LogP contribution in [0.5, 0.6) is 0 Å². The van der Waals surface area contributed by atoms with Crippen LogP contribution in [0, 0.1) is 0 Å². The molecule has 1 aliphatic rings. The van der Waals surface area contributed by atoms with Crippen molar-refractivity contribution in [3.8, 4) is 11.5 Å². The minimum atomic E-state index is -4.47. The van der Waals surface area contributed by atoms with Crippen LogP contribution in [0.3, 0.4) is 0 Å². The fraction of sp³-hybridized carbons (Fsp3) is 0.360. The number of amides is 1. The first-order valence-corrected chi connectivity index (χ1v) is 11.7. The van der Waals surface area contributed by atoms with Gasteiger partial charge in [-0.15, -0.1) is 10.2 Å². The van der Waals surface area contributed by atoms with Gasteiger partial charge in [0, 0.05) is 42.3 Å². The number of pyridine rings is 2. The zero-order valence-corrected chi connectivity index (χ0v) is 19.8. The lowest BCUT2D eigenvalue weighted by molar-refractivity contribution is -0.183. The van der Waals surface area contributed by atoms with Gasteiger partial charge < -0.3 is 11.1 Å². The second kappa shape index (κ2) is 9.14. The van der Waals surface area contributed by atoms with Gasteiger partial charge in [-0.05, 0) is 50.1 Å². The number of carbonyl (C=O) groups excluding carboxylic acids is 1. The molecule has 1 saturated heterocycles. The summed E-state index contributed by atoms with van der Waals surface area (Å²) in [4.78, 5) is 18.4. The molecule has 0 bridgehead atoms. The number of benzene rings is 1. The lowest BCUT2D eigenvalue weighted by Crippen LogP contribution is -2.38. The van der Waals surface area contributed by atoms with E-state index < -0.39 is 12.2 Å². The third-order valence-corrected chi connectivity index (χ3v) is 6.28. The average Bonchev–Trinajstić information content (AvgIpc) is 3.43. The van der Waals surface area contributed by atoms with Crippen molar-refractivity contribution < 1.29 is 18.0 Å². The number of nitrogens with zero attached hydrogens (tertiary/aromatic N) is 5. The molecule has 4 heterocycles. The van der Waals surface area contributed by atoms with Crippen LogP contribution >= 0.6 is 0 Å². The molecule has 0 saturated carbocycles. The van der Waals surface area contributed by atoms with Crippen LogP contribution in [0.4, 0.5) is 13.2 Å². The topological polar surface area (TPSA) is 101 Å². The molecule has 1 aliphatic heterocycles. The SMILES string of the molecule is CC(C)NC(=O)c1ccc2ccc(-c3nnc4ccc(C(N5CCC(N)C5)C(F)(F)F)cn34)nc2c1. The molecule has 0 aliphatic carbocycles. The van der Waals surface area contributed by atoms with E-state index in [0.717, 1.165) is 5.39 Å². The third-order valence-electron chi connectivity index (χ3n) is 6.28. The molecule has 5 rings (SSSR count). The molecular weight excluding hydrogens is 471 g/mol. The van der Waals surface area contributed by atoms with Crippen molar-refractivity contribution in [2.24, 2.45) is 5.73 Å². The smallest absolute Gasteiger partial charge is 0.350 e. The standard InChI is InChI=1S/C25H26F3N7O/c1-14(2)30-24(36)16-4-3-15-5-7-19(31-20(15)11-16)23-33-32-21-8-6-17(12-35(21)23)22(25(26,27)28)34-10-9-18(29)13-34/h3-8,11-12,14,18,22H,9-10,13,29H2,1-2H3,(H,30,36). The highest BCUT2D eigenvalue weighted by Gasteiger charge is 2.46. The Morgan fingerprint density at radius 3 is 2.61 bits per heavy atom. The molecule has 1 aromatic carbocycles. The summed E-state index contributed by atoms with van der Waals surface area (Å²) in [5.41, 5.74) is 7.83. The van der Waals surface area contributed by atoms with Crippen LogP contribution in [0.2, 0.25) is 0 Å². The third kappa shape index (κ3) is 4.63. The van der Waals surface area contributed by atoms with Crippen LogP contribution in [0.25, 0.3) is 28.1 Å². The molecule has 1 fully saturated rings. The predicted molar refractivity (Wildman–Crippen MR) is 129 cm³/mol. The summed E-state index contributed by atoms with van der Waals surface area (Å²) < 4.78 is 43.9. The number of rotatable bonds is 5. The number of carbonyl (C=O) groups is 1. The second-order valence-electron chi connectivity index (χ2n) is 9.43. The van der Waals surface area contributed by atoms with E-state index in [1.54, 1.807) is 24.3 Å². The van der Waals surface area contributed by atoms with E-state index in [1.165, 1.54) is 27.6 Å². The summed E-state index contributed by atoms with van der Waals surface area (Å²) in [6, 6.07) is 9.66. The van der Waals surface area contributed by atoms with E-state index in [4.69, 9.17) is 5.73 Å². The normalized spacial score (nSPS) is 17.8. The average molecular weight is 498 g/mol. The summed E-state index contributed by atoms with van der Waals surface area (Å²) >= 11 is 0. The first-order chi connectivity index (χ1) is 17.1. The fourth-order valence-corrected chi connectivity index (χ4v) is 4.63. The van der Waals surface area contributed by atoms with Gasteiger partial charge in [-0.1, -0.05) is 18.2 Å². The molecule has 2 atom stereocenters. The van der Waals surface area contributed by atoms with E-state index >= 15 is 0 Å². The zero-order valence-electron chi connectivity index (χ0n) is 19.8. The maximum absolute atomic E-state index is 14.1. The van der Waals surface area contributed by atoms with E-state index in [1.807, 2.05) is 19.9 Å². The summed E-state index contributed by atoms with van der Waals surface area (Å²) in [6.45, 7) is 4.20. The van der Waals surface area contributed by atoms with Crippen molar-refractivity contribution >= 4 is 22.5 Å². The van der Waals surface area contributed by atoms with Gasteiger partial charge in [0.1, 0.15) is 11.7 Å². The lowest BCUT2D eigenvalue weighted by atomic mass is 10.1. The van der Waals surface area contributed by atoms with E-state index in [9.17, 15) is 18.0 Å². The molecule has 0 radical (unpaired) electrons. The Labute approximate surface area is 205 Å². The van der Waals surface area contributed by atoms with Gasteiger partial charge in [-0.25, -0.2) is 4.98 Å². The van der Waals surface area contributed by atoms with Crippen LogP contribution in [-0.2, 0) is 0 Å². The van der Waals surface area contributed by atoms with Crippen LogP contribution in [-0.4, -0.2) is 61.7 Å². The molecule has 4 aromatic rings. The summed E-state index contributed by atoms with van der Waals surface area (Å²) in [5, 5.41) is 12.0. The van der Waals surface area contributed by atoms with Gasteiger partial charge in [-0.2, -0.15) is 13.2 Å². The first kappa shape index (κ1) is 24.1. The molecule has 188 valence electrons. The molecular formula is C25H26F3N7O. The largest absolute Gasteiger partial charge is 0.408 e. The van der Waals surface area contributed by atoms with Gasteiger partial charge >= 0.3 is 6.18 Å². The number of hydrogen-bond donors (Lipinski definition) is 2. The zero-order chi connectivity index (χ0) is 25.6. The number of aromatic nitrogens is 4. The van der Waals surface area contributed by atoms with Crippen molar-refractivity contribution in [3.63, 3.8) is 0 Å². The van der Waals surface area contributed by atoms with Crippen molar-refractivity contribution in [3.05, 3.63) is 59.8 Å². The Hall–Kier alpha value is -3.57. The van der Waals surface area contributed by atoms with E-state index in [2.05, 4.69) is 20.5 Å². The molecule has 8 nitrogen and oxygen atoms in total. The Balaban J connectivity index is 1.55. The van der Waals surface area contributed by atoms with Crippen molar-refractivity contribution in [2.45, 2.75) is 44.6 Å². The van der Waals surface area contributed by atoms with Crippen LogP contribution in [0.15, 0.2) is 48.7 Å². The quantitative estimate of drug-likeness (QED) is 0.436. The summed E-state index contributed by atoms with van der Waals surface area (Å²) in [6.07, 6.45) is -2.53. The number of halogens is 3. The maximum Gasteiger partial charge on any atom is 0.408 e. The molecule has 11 heteroatoms. The lowest BCUT2D eigenvalue weighted by Gasteiger charge is -2.30. The first-order valence-electron chi connectivity index (χ1n) is 11.7. The highest BCUT2D eigenvalue weighted by atomic mass is 19.4. The van der Waals surface area contributed by atoms with Gasteiger partial charge in [0.2, 0.25) is 0 Å². The van der Waals surface area contributed by atoms with Crippen LogP contribution < -0.4 is 11.1 Å². The van der Waals surface area contributed by atoms with Crippen molar-refractivity contribution in [1.29, 1.82) is 0 Å². The predicted octanol–water partition coefficient (Wildman–Crippen LogP) is 3.72. The number of nitrogens with two attached hydrogens (primary N) is 1. The highest BCUT2D eigenvalue weighted by Crippen LogP contribution is 2.39. The van der Waals surface area contributed by atoms with Crippen molar-refractivity contribution in [2.75, 3.05) is 13.1 Å². The van der Waals surface area contributed by atoms with Gasteiger partial charge in [-0.3, -0.25) is 14.1 Å². The molecule has 36 heavy (non-hydrogen) atoms. The Morgan fingerprint density at radius 2 is 1.92 bits per heavy atom. The number of likely N-dealkylation sites (tertiary alicyclic amines) is 1. The number of nitrogens with one attached hydrogen (secondary N) is 1. The van der Waals surface area contributed by atoms with Gasteiger partial charge in [0.25, 0.3) is 5.91 Å². The van der Waals surface area contributed by atoms with Crippen molar-refractivity contribution in [1.82, 2.24) is 29.8 Å². The monoisotopic (exact) mass is 497 g/mol. The maximum atomic E-state index is 14.1. The molecule has 1 amide bonds. The Kier molecular flexibility index (Phi) is 6.13. The van der Waals surface area contributed by atoms with E-state index in [-0.39, 0.29) is 36.6 Å². The number of alkyl halides is 3. The molecule has 3 aromatic heterocycles. The molecule has 2 unspecified atom stereocenters. The van der Waals surface area contributed by atoms with Gasteiger partial charge in [0.15, 0.2) is 11.5 Å². The fourth-order valence-electron chi connectivity index (χ4n) is 4.63. The van der Waals surface area contributed by atoms with Crippen LogP contribution in [0.1, 0.15) is 42.2 Å².